The maximum Gasteiger partial charge on any atom is 0.264 e. The van der Waals surface area contributed by atoms with E-state index in [1.165, 1.54) is 11.3 Å². The van der Waals surface area contributed by atoms with Crippen LogP contribution >= 0.6 is 11.3 Å². The van der Waals surface area contributed by atoms with Gasteiger partial charge in [0, 0.05) is 12.2 Å². The molecule has 1 aliphatic heterocycles. The fourth-order valence-electron chi connectivity index (χ4n) is 3.15. The lowest BCUT2D eigenvalue weighted by molar-refractivity contribution is -0.119. The van der Waals surface area contributed by atoms with Gasteiger partial charge in [-0.15, -0.1) is 11.3 Å². The molecule has 0 saturated carbocycles. The fraction of sp³-hybridized carbons (Fsp3) is 0.368. The van der Waals surface area contributed by atoms with Gasteiger partial charge in [-0.05, 0) is 41.8 Å². The number of benzene rings is 1. The molecule has 2 amide bonds. The van der Waals surface area contributed by atoms with Crippen molar-refractivity contribution in [3.05, 3.63) is 52.2 Å². The van der Waals surface area contributed by atoms with E-state index in [9.17, 15) is 9.59 Å². The normalized spacial score (nSPS) is 17.3. The first-order valence-corrected chi connectivity index (χ1v) is 9.20. The van der Waals surface area contributed by atoms with Crippen molar-refractivity contribution in [3.63, 3.8) is 0 Å². The molecule has 0 radical (unpaired) electrons. The lowest BCUT2D eigenvalue weighted by Crippen LogP contribution is -2.43. The number of hydrogen-bond acceptors (Lipinski definition) is 3. The Bertz CT molecular complexity index is 725. The summed E-state index contributed by atoms with van der Waals surface area (Å²) in [4.78, 5) is 27.8. The Hall–Kier alpha value is -2.14. The molecule has 0 unspecified atom stereocenters. The second-order valence-corrected chi connectivity index (χ2v) is 7.31. The van der Waals surface area contributed by atoms with Crippen molar-refractivity contribution >= 4 is 28.8 Å². The van der Waals surface area contributed by atoms with E-state index in [-0.39, 0.29) is 17.9 Å². The average Bonchev–Trinajstić information content (AvgIpc) is 3.26. The number of nitrogens with zero attached hydrogens (tertiary/aromatic N) is 1. The van der Waals surface area contributed by atoms with Crippen LogP contribution in [0.15, 0.2) is 41.8 Å². The quantitative estimate of drug-likeness (QED) is 0.909. The number of nitrogens with one attached hydrogen (secondary N) is 1. The zero-order chi connectivity index (χ0) is 17.1. The van der Waals surface area contributed by atoms with E-state index in [1.54, 1.807) is 4.90 Å². The molecule has 2 heterocycles. The first-order valence-electron chi connectivity index (χ1n) is 8.32. The predicted molar refractivity (Wildman–Crippen MR) is 97.5 cm³/mol. The van der Waals surface area contributed by atoms with Crippen LogP contribution < -0.4 is 5.32 Å². The molecule has 1 atom stereocenters. The molecular weight excluding hydrogens is 320 g/mol. The SMILES string of the molecule is CC(C)c1ccccc1NC(=O)[C@@H]1CCCN1C(=O)c1cccs1. The van der Waals surface area contributed by atoms with Crippen LogP contribution in [-0.2, 0) is 4.79 Å². The van der Waals surface area contributed by atoms with E-state index in [0.29, 0.717) is 23.8 Å². The number of likely N-dealkylation sites (tertiary alicyclic amines) is 1. The number of para-hydroxylation sites is 1. The minimum absolute atomic E-state index is 0.0419. The number of anilines is 1. The highest BCUT2D eigenvalue weighted by molar-refractivity contribution is 7.12. The van der Waals surface area contributed by atoms with E-state index in [1.807, 2.05) is 41.8 Å². The highest BCUT2D eigenvalue weighted by Crippen LogP contribution is 2.26. The van der Waals surface area contributed by atoms with Crippen LogP contribution in [-0.4, -0.2) is 29.3 Å². The highest BCUT2D eigenvalue weighted by atomic mass is 32.1. The molecule has 1 N–H and O–H groups in total. The van der Waals surface area contributed by atoms with Crippen LogP contribution in [0.4, 0.5) is 5.69 Å². The lowest BCUT2D eigenvalue weighted by atomic mass is 10.0. The van der Waals surface area contributed by atoms with Crippen molar-refractivity contribution in [2.45, 2.75) is 38.6 Å². The van der Waals surface area contributed by atoms with Gasteiger partial charge >= 0.3 is 0 Å². The largest absolute Gasteiger partial charge is 0.326 e. The second-order valence-electron chi connectivity index (χ2n) is 6.37. The third-order valence-electron chi connectivity index (χ3n) is 4.39. The number of thiophene rings is 1. The maximum absolute atomic E-state index is 12.8. The molecule has 0 aliphatic carbocycles. The fourth-order valence-corrected chi connectivity index (χ4v) is 3.83. The van der Waals surface area contributed by atoms with Gasteiger partial charge in [0.05, 0.1) is 4.88 Å². The maximum atomic E-state index is 12.8. The van der Waals surface area contributed by atoms with E-state index >= 15 is 0 Å². The van der Waals surface area contributed by atoms with E-state index < -0.39 is 0 Å². The van der Waals surface area contributed by atoms with E-state index in [2.05, 4.69) is 19.2 Å². The topological polar surface area (TPSA) is 49.4 Å². The summed E-state index contributed by atoms with van der Waals surface area (Å²) < 4.78 is 0. The first kappa shape index (κ1) is 16.7. The molecule has 0 spiro atoms. The van der Waals surface area contributed by atoms with Crippen LogP contribution in [0, 0.1) is 0 Å². The number of hydrogen-bond donors (Lipinski definition) is 1. The molecule has 1 aromatic carbocycles. The van der Waals surface area contributed by atoms with E-state index in [0.717, 1.165) is 17.7 Å². The average molecular weight is 342 g/mol. The predicted octanol–water partition coefficient (Wildman–Crippen LogP) is 4.11. The van der Waals surface area contributed by atoms with Gasteiger partial charge in [-0.1, -0.05) is 38.1 Å². The lowest BCUT2D eigenvalue weighted by Gasteiger charge is -2.24. The minimum Gasteiger partial charge on any atom is -0.326 e. The van der Waals surface area contributed by atoms with Gasteiger partial charge < -0.3 is 10.2 Å². The van der Waals surface area contributed by atoms with Gasteiger partial charge in [0.15, 0.2) is 0 Å². The van der Waals surface area contributed by atoms with Crippen molar-refractivity contribution in [2.75, 3.05) is 11.9 Å². The molecule has 1 aliphatic rings. The summed E-state index contributed by atoms with van der Waals surface area (Å²) in [6.07, 6.45) is 1.58. The van der Waals surface area contributed by atoms with Crippen LogP contribution in [0.2, 0.25) is 0 Å². The Morgan fingerprint density at radius 2 is 2.00 bits per heavy atom. The Morgan fingerprint density at radius 3 is 2.71 bits per heavy atom. The number of rotatable bonds is 4. The first-order chi connectivity index (χ1) is 11.6. The highest BCUT2D eigenvalue weighted by Gasteiger charge is 2.35. The number of carbonyl (C=O) groups excluding carboxylic acids is 2. The van der Waals surface area contributed by atoms with Gasteiger partial charge in [-0.2, -0.15) is 0 Å². The van der Waals surface area contributed by atoms with Gasteiger partial charge in [0.2, 0.25) is 5.91 Å². The summed E-state index contributed by atoms with van der Waals surface area (Å²) in [5, 5.41) is 4.92. The molecular formula is C19H22N2O2S. The molecule has 1 fully saturated rings. The van der Waals surface area contributed by atoms with Crippen LogP contribution in [0.1, 0.15) is 47.8 Å². The molecule has 4 nitrogen and oxygen atoms in total. The van der Waals surface area contributed by atoms with Crippen molar-refractivity contribution in [3.8, 4) is 0 Å². The molecule has 0 bridgehead atoms. The number of amides is 2. The monoisotopic (exact) mass is 342 g/mol. The Balaban J connectivity index is 1.76. The summed E-state index contributed by atoms with van der Waals surface area (Å²) in [6.45, 7) is 4.85. The Morgan fingerprint density at radius 1 is 1.21 bits per heavy atom. The van der Waals surface area contributed by atoms with Crippen molar-refractivity contribution in [1.29, 1.82) is 0 Å². The van der Waals surface area contributed by atoms with Gasteiger partial charge in [0.25, 0.3) is 5.91 Å². The molecule has 2 aromatic rings. The number of carbonyl (C=O) groups is 2. The zero-order valence-corrected chi connectivity index (χ0v) is 14.8. The standard InChI is InChI=1S/C19H22N2O2S/c1-13(2)14-7-3-4-8-15(14)20-18(22)16-9-5-11-21(16)19(23)17-10-6-12-24-17/h3-4,6-8,10,12-13,16H,5,9,11H2,1-2H3,(H,20,22)/t16-/m0/s1. The molecule has 126 valence electrons. The molecule has 1 aromatic heterocycles. The summed E-state index contributed by atoms with van der Waals surface area (Å²) in [7, 11) is 0. The smallest absolute Gasteiger partial charge is 0.264 e. The summed E-state index contributed by atoms with van der Waals surface area (Å²) in [5.41, 5.74) is 1.95. The van der Waals surface area contributed by atoms with Crippen LogP contribution in [0.5, 0.6) is 0 Å². The van der Waals surface area contributed by atoms with Crippen molar-refractivity contribution in [1.82, 2.24) is 4.90 Å². The van der Waals surface area contributed by atoms with Gasteiger partial charge in [0.1, 0.15) is 6.04 Å². The molecule has 24 heavy (non-hydrogen) atoms. The van der Waals surface area contributed by atoms with Crippen molar-refractivity contribution in [2.24, 2.45) is 0 Å². The second kappa shape index (κ2) is 7.18. The molecule has 3 rings (SSSR count). The molecule has 1 saturated heterocycles. The summed E-state index contributed by atoms with van der Waals surface area (Å²) in [5.74, 6) is 0.194. The van der Waals surface area contributed by atoms with E-state index in [4.69, 9.17) is 0 Å². The molecule has 5 heteroatoms. The third-order valence-corrected chi connectivity index (χ3v) is 5.25. The van der Waals surface area contributed by atoms with Crippen LogP contribution in [0.3, 0.4) is 0 Å². The zero-order valence-electron chi connectivity index (χ0n) is 14.0. The summed E-state index contributed by atoms with van der Waals surface area (Å²) in [6, 6.07) is 11.1. The Labute approximate surface area is 146 Å². The third kappa shape index (κ3) is 3.36. The minimum atomic E-state index is -0.389. The van der Waals surface area contributed by atoms with Gasteiger partial charge in [-0.25, -0.2) is 0 Å². The summed E-state index contributed by atoms with van der Waals surface area (Å²) >= 11 is 1.42. The van der Waals surface area contributed by atoms with Crippen LogP contribution in [0.25, 0.3) is 0 Å². The Kier molecular flexibility index (Phi) is 5.00. The van der Waals surface area contributed by atoms with Gasteiger partial charge in [-0.3, -0.25) is 9.59 Å². The van der Waals surface area contributed by atoms with Crippen molar-refractivity contribution < 1.29 is 9.59 Å².